The van der Waals surface area contributed by atoms with Gasteiger partial charge in [0, 0.05) is 39.5 Å². The van der Waals surface area contributed by atoms with Crippen LogP contribution in [0.15, 0.2) is 243 Å². The molecule has 0 spiro atoms. The van der Waals surface area contributed by atoms with Gasteiger partial charge in [-0.25, -0.2) is 0 Å². The summed E-state index contributed by atoms with van der Waals surface area (Å²) in [5, 5.41) is 2.40. The van der Waals surface area contributed by atoms with Gasteiger partial charge in [-0.3, -0.25) is 0 Å². The van der Waals surface area contributed by atoms with Crippen LogP contribution < -0.4 is 9.80 Å². The van der Waals surface area contributed by atoms with E-state index in [4.69, 9.17) is 0 Å². The Morgan fingerprint density at radius 1 is 0.333 bits per heavy atom. The van der Waals surface area contributed by atoms with Crippen LogP contribution in [0, 0.1) is 0 Å². The first kappa shape index (κ1) is 35.5. The second kappa shape index (κ2) is 15.2. The molecular formula is C58H42N2. The van der Waals surface area contributed by atoms with Gasteiger partial charge in [0.15, 0.2) is 0 Å². The molecule has 0 radical (unpaired) electrons. The third-order valence-electron chi connectivity index (χ3n) is 12.2. The summed E-state index contributed by atoms with van der Waals surface area (Å²) in [4.78, 5) is 5.00. The van der Waals surface area contributed by atoms with Gasteiger partial charge in [0.25, 0.3) is 0 Å². The molecular weight excluding hydrogens is 725 g/mol. The first-order valence-corrected chi connectivity index (χ1v) is 20.8. The van der Waals surface area contributed by atoms with Crippen molar-refractivity contribution in [2.75, 3.05) is 9.80 Å². The fourth-order valence-corrected chi connectivity index (χ4v) is 9.42. The van der Waals surface area contributed by atoms with E-state index >= 15 is 0 Å². The minimum absolute atomic E-state index is 0.217. The number of nitrogens with zero attached hydrogens (tertiary/aromatic N) is 2. The summed E-state index contributed by atoms with van der Waals surface area (Å²) < 4.78 is 0. The molecule has 284 valence electrons. The number of hydrogen-bond acceptors (Lipinski definition) is 2. The van der Waals surface area contributed by atoms with Gasteiger partial charge >= 0.3 is 0 Å². The third-order valence-corrected chi connectivity index (χ3v) is 12.2. The summed E-state index contributed by atoms with van der Waals surface area (Å²) in [5.74, 6) is 0.316. The van der Waals surface area contributed by atoms with Crippen molar-refractivity contribution >= 4 is 39.2 Å². The highest BCUT2D eigenvalue weighted by Crippen LogP contribution is 2.51. The molecule has 0 saturated heterocycles. The quantitative estimate of drug-likeness (QED) is 0.152. The number of fused-ring (bicyclic) bond motifs is 4. The lowest BCUT2D eigenvalue weighted by Gasteiger charge is -2.31. The highest BCUT2D eigenvalue weighted by molar-refractivity contribution is 6.09. The number of rotatable bonds is 8. The average molecular weight is 767 g/mol. The minimum Gasteiger partial charge on any atom is -0.333 e. The molecule has 9 aromatic carbocycles. The zero-order chi connectivity index (χ0) is 39.8. The van der Waals surface area contributed by atoms with Crippen LogP contribution in [0.4, 0.5) is 28.4 Å². The molecule has 0 bridgehead atoms. The molecule has 2 nitrogen and oxygen atoms in total. The smallest absolute Gasteiger partial charge is 0.0629 e. The Labute approximate surface area is 352 Å². The molecule has 60 heavy (non-hydrogen) atoms. The van der Waals surface area contributed by atoms with Gasteiger partial charge in [0.2, 0.25) is 0 Å². The zero-order valence-corrected chi connectivity index (χ0v) is 33.1. The van der Waals surface area contributed by atoms with Crippen molar-refractivity contribution in [2.24, 2.45) is 0 Å². The van der Waals surface area contributed by atoms with Crippen molar-refractivity contribution in [3.05, 3.63) is 248 Å². The number of anilines is 5. The van der Waals surface area contributed by atoms with E-state index < -0.39 is 0 Å². The highest BCUT2D eigenvalue weighted by atomic mass is 15.2. The fourth-order valence-electron chi connectivity index (χ4n) is 9.42. The van der Waals surface area contributed by atoms with Gasteiger partial charge < -0.3 is 9.80 Å². The highest BCUT2D eigenvalue weighted by Gasteiger charge is 2.38. The predicted molar refractivity (Wildman–Crippen MR) is 254 cm³/mol. The number of hydrogen-bond donors (Lipinski definition) is 0. The van der Waals surface area contributed by atoms with Crippen LogP contribution in [0.1, 0.15) is 11.5 Å². The summed E-state index contributed by atoms with van der Waals surface area (Å²) in [5.41, 5.74) is 16.8. The molecule has 0 amide bonds. The second-order valence-electron chi connectivity index (χ2n) is 15.6. The van der Waals surface area contributed by atoms with Crippen molar-refractivity contribution in [3.63, 3.8) is 0 Å². The molecule has 2 atom stereocenters. The van der Waals surface area contributed by atoms with E-state index in [1.165, 1.54) is 72.2 Å². The first-order valence-electron chi connectivity index (χ1n) is 20.8. The SMILES string of the molecule is C1=CC2c3ccccc3N(c3ccccc3-c3ccc(N(c4ccc(-c5ccc(-c6ccccc6)cc5)cc4)c4ccccc4-c4ccccc4)c4ccccc34)C2C=C1. The van der Waals surface area contributed by atoms with Crippen LogP contribution in [-0.4, -0.2) is 6.04 Å². The van der Waals surface area contributed by atoms with Gasteiger partial charge in [0.05, 0.1) is 17.4 Å². The van der Waals surface area contributed by atoms with E-state index in [0.717, 1.165) is 17.1 Å². The summed E-state index contributed by atoms with van der Waals surface area (Å²) >= 11 is 0. The Bertz CT molecular complexity index is 3040. The fraction of sp³-hybridized carbons (Fsp3) is 0.0345. The molecule has 0 N–H and O–H groups in total. The van der Waals surface area contributed by atoms with Gasteiger partial charge in [0.1, 0.15) is 0 Å². The molecule has 1 aliphatic carbocycles. The molecule has 1 aliphatic heterocycles. The number of allylic oxidation sites excluding steroid dienone is 2. The summed E-state index contributed by atoms with van der Waals surface area (Å²) in [6, 6.07) is 79.7. The van der Waals surface area contributed by atoms with Crippen LogP contribution >= 0.6 is 0 Å². The predicted octanol–water partition coefficient (Wildman–Crippen LogP) is 15.7. The molecule has 2 aliphatic rings. The molecule has 2 unspecified atom stereocenters. The molecule has 1 heterocycles. The Balaban J connectivity index is 1.05. The Morgan fingerprint density at radius 2 is 0.867 bits per heavy atom. The van der Waals surface area contributed by atoms with Crippen molar-refractivity contribution < 1.29 is 0 Å². The Kier molecular flexibility index (Phi) is 9.02. The standard InChI is InChI=1S/C58H42N2/c1-3-17-41(18-4-1)42-31-33-43(34-32-42)44-35-37-46(38-36-44)59(54-27-13-9-21-47(54)45-19-5-2-6-20-45)58-40-39-49(48-22-7-8-23-50(48)58)51-24-10-14-28-55(51)60-56-29-15-11-25-52(56)53-26-12-16-30-57(53)60/h1-40,52,56H. The van der Waals surface area contributed by atoms with Crippen molar-refractivity contribution in [2.45, 2.75) is 12.0 Å². The normalized spacial score (nSPS) is 15.2. The van der Waals surface area contributed by atoms with Gasteiger partial charge in [-0.1, -0.05) is 206 Å². The maximum absolute atomic E-state index is 2.55. The van der Waals surface area contributed by atoms with Crippen molar-refractivity contribution in [1.29, 1.82) is 0 Å². The lowest BCUT2D eigenvalue weighted by molar-refractivity contribution is 0.745. The first-order chi connectivity index (χ1) is 29.8. The molecule has 9 aromatic rings. The number of para-hydroxylation sites is 3. The molecule has 2 heteroatoms. The monoisotopic (exact) mass is 766 g/mol. The zero-order valence-electron chi connectivity index (χ0n) is 33.1. The van der Waals surface area contributed by atoms with Crippen LogP contribution in [0.2, 0.25) is 0 Å². The van der Waals surface area contributed by atoms with Crippen molar-refractivity contribution in [3.8, 4) is 44.5 Å². The van der Waals surface area contributed by atoms with E-state index in [1.807, 2.05) is 0 Å². The van der Waals surface area contributed by atoms with Gasteiger partial charge in [-0.15, -0.1) is 0 Å². The minimum atomic E-state index is 0.217. The second-order valence-corrected chi connectivity index (χ2v) is 15.6. The van der Waals surface area contributed by atoms with Crippen LogP contribution in [0.25, 0.3) is 55.3 Å². The lowest BCUT2D eigenvalue weighted by atomic mass is 9.91. The molecule has 11 rings (SSSR count). The molecule has 0 fully saturated rings. The van der Waals surface area contributed by atoms with E-state index in [1.54, 1.807) is 0 Å². The maximum atomic E-state index is 2.55. The van der Waals surface area contributed by atoms with Gasteiger partial charge in [-0.2, -0.15) is 0 Å². The Morgan fingerprint density at radius 3 is 1.60 bits per heavy atom. The summed E-state index contributed by atoms with van der Waals surface area (Å²) in [6.07, 6.45) is 9.10. The topological polar surface area (TPSA) is 6.48 Å². The lowest BCUT2D eigenvalue weighted by Crippen LogP contribution is -2.28. The molecule has 0 saturated carbocycles. The summed E-state index contributed by atoms with van der Waals surface area (Å²) in [7, 11) is 0. The largest absolute Gasteiger partial charge is 0.333 e. The maximum Gasteiger partial charge on any atom is 0.0629 e. The van der Waals surface area contributed by atoms with Crippen molar-refractivity contribution in [1.82, 2.24) is 0 Å². The van der Waals surface area contributed by atoms with E-state index in [-0.39, 0.29) is 6.04 Å². The van der Waals surface area contributed by atoms with E-state index in [0.29, 0.717) is 5.92 Å². The third kappa shape index (κ3) is 6.22. The average Bonchev–Trinajstić information content (AvgIpc) is 3.67. The Hall–Kier alpha value is -7.68. The van der Waals surface area contributed by atoms with Crippen LogP contribution in [0.3, 0.4) is 0 Å². The van der Waals surface area contributed by atoms with E-state index in [2.05, 4.69) is 252 Å². The van der Waals surface area contributed by atoms with Gasteiger partial charge in [-0.05, 0) is 80.7 Å². The van der Waals surface area contributed by atoms with E-state index in [9.17, 15) is 0 Å². The van der Waals surface area contributed by atoms with Crippen LogP contribution in [-0.2, 0) is 0 Å². The molecule has 0 aromatic heterocycles. The van der Waals surface area contributed by atoms with Crippen LogP contribution in [0.5, 0.6) is 0 Å². The summed E-state index contributed by atoms with van der Waals surface area (Å²) in [6.45, 7) is 0. The number of benzene rings is 9.